The number of rotatable bonds is 5. The Labute approximate surface area is 167 Å². The molecule has 1 unspecified atom stereocenters. The molecule has 2 N–H and O–H groups in total. The summed E-state index contributed by atoms with van der Waals surface area (Å²) in [5, 5.41) is 7.79. The molecule has 150 valence electrons. The number of likely N-dealkylation sites (N-methyl/N-ethyl adjacent to an activating group) is 1. The fraction of sp³-hybridized carbons (Fsp3) is 0.684. The van der Waals surface area contributed by atoms with Crippen molar-refractivity contribution in [1.29, 1.82) is 0 Å². The first-order valence-corrected chi connectivity index (χ1v) is 10.00. The molecule has 2 aliphatic heterocycles. The van der Waals surface area contributed by atoms with Crippen LogP contribution in [0.1, 0.15) is 19.3 Å². The van der Waals surface area contributed by atoms with E-state index in [0.717, 1.165) is 63.9 Å². The van der Waals surface area contributed by atoms with Crippen LogP contribution >= 0.6 is 11.6 Å². The van der Waals surface area contributed by atoms with Gasteiger partial charge in [0, 0.05) is 57.7 Å². The Morgan fingerprint density at radius 1 is 1.44 bits per heavy atom. The minimum absolute atomic E-state index is 0.110. The van der Waals surface area contributed by atoms with E-state index in [1.807, 2.05) is 19.2 Å². The Kier molecular flexibility index (Phi) is 6.78. The van der Waals surface area contributed by atoms with Gasteiger partial charge in [-0.1, -0.05) is 11.6 Å². The highest BCUT2D eigenvalue weighted by atomic mass is 35.5. The van der Waals surface area contributed by atoms with Crippen molar-refractivity contribution in [2.24, 2.45) is 4.99 Å². The molecule has 0 spiro atoms. The van der Waals surface area contributed by atoms with Gasteiger partial charge in [0.2, 0.25) is 0 Å². The number of aromatic nitrogens is 1. The molecule has 0 aliphatic carbocycles. The summed E-state index contributed by atoms with van der Waals surface area (Å²) in [6.07, 6.45) is 4.87. The molecule has 0 amide bonds. The minimum atomic E-state index is 0.110. The van der Waals surface area contributed by atoms with Crippen molar-refractivity contribution in [3.63, 3.8) is 0 Å². The summed E-state index contributed by atoms with van der Waals surface area (Å²) in [5.74, 6) is 1.71. The molecule has 27 heavy (non-hydrogen) atoms. The number of halogens is 1. The summed E-state index contributed by atoms with van der Waals surface area (Å²) in [4.78, 5) is 13.4. The van der Waals surface area contributed by atoms with Gasteiger partial charge in [-0.3, -0.25) is 4.99 Å². The molecule has 0 bridgehead atoms. The van der Waals surface area contributed by atoms with Crippen LogP contribution < -0.4 is 15.5 Å². The van der Waals surface area contributed by atoms with Gasteiger partial charge in [0.05, 0.1) is 5.02 Å². The Hall–Kier alpha value is -1.57. The zero-order valence-electron chi connectivity index (χ0n) is 16.5. The molecule has 8 heteroatoms. The van der Waals surface area contributed by atoms with Crippen molar-refractivity contribution < 1.29 is 4.74 Å². The van der Waals surface area contributed by atoms with Gasteiger partial charge in [0.1, 0.15) is 5.82 Å². The maximum Gasteiger partial charge on any atom is 0.191 e. The third-order valence-corrected chi connectivity index (χ3v) is 6.04. The van der Waals surface area contributed by atoms with Gasteiger partial charge in [-0.25, -0.2) is 4.98 Å². The first-order valence-electron chi connectivity index (χ1n) is 9.62. The highest BCUT2D eigenvalue weighted by molar-refractivity contribution is 6.32. The van der Waals surface area contributed by atoms with E-state index < -0.39 is 0 Å². The number of nitrogens with one attached hydrogen (secondary N) is 2. The molecule has 2 saturated heterocycles. The molecular weight excluding hydrogens is 364 g/mol. The monoisotopic (exact) mass is 394 g/mol. The average Bonchev–Trinajstić information content (AvgIpc) is 3.14. The highest BCUT2D eigenvalue weighted by Crippen LogP contribution is 2.26. The molecule has 3 rings (SSSR count). The van der Waals surface area contributed by atoms with Crippen LogP contribution in [0, 0.1) is 0 Å². The van der Waals surface area contributed by atoms with Crippen LogP contribution in [0.5, 0.6) is 0 Å². The van der Waals surface area contributed by atoms with Gasteiger partial charge in [-0.15, -0.1) is 0 Å². The predicted octanol–water partition coefficient (Wildman–Crippen LogP) is 1.59. The Bertz CT molecular complexity index is 647. The number of hydrogen-bond donors (Lipinski definition) is 2. The third kappa shape index (κ3) is 4.83. The van der Waals surface area contributed by atoms with Crippen LogP contribution in [0.3, 0.4) is 0 Å². The van der Waals surface area contributed by atoms with Gasteiger partial charge < -0.3 is 25.2 Å². The van der Waals surface area contributed by atoms with E-state index in [2.05, 4.69) is 44.5 Å². The Morgan fingerprint density at radius 3 is 2.89 bits per heavy atom. The second kappa shape index (κ2) is 9.08. The quantitative estimate of drug-likeness (QED) is 0.584. The number of pyridine rings is 1. The molecule has 7 nitrogen and oxygen atoms in total. The molecule has 0 saturated carbocycles. The summed E-state index contributed by atoms with van der Waals surface area (Å²) < 4.78 is 5.56. The SMILES string of the molecule is CN=C(NCC1(N(C)C)CCOCC1)NC1CCN(c2ncccc2Cl)C1. The molecule has 0 radical (unpaired) electrons. The lowest BCUT2D eigenvalue weighted by molar-refractivity contribution is -0.00502. The molecule has 2 fully saturated rings. The van der Waals surface area contributed by atoms with Gasteiger partial charge >= 0.3 is 0 Å². The summed E-state index contributed by atoms with van der Waals surface area (Å²) in [6, 6.07) is 4.07. The number of ether oxygens (including phenoxy) is 1. The lowest BCUT2D eigenvalue weighted by Crippen LogP contribution is -2.57. The van der Waals surface area contributed by atoms with Gasteiger partial charge in [-0.2, -0.15) is 0 Å². The first-order chi connectivity index (χ1) is 13.0. The van der Waals surface area contributed by atoms with E-state index in [0.29, 0.717) is 11.1 Å². The van der Waals surface area contributed by atoms with E-state index >= 15 is 0 Å². The van der Waals surface area contributed by atoms with Crippen LogP contribution in [-0.4, -0.2) is 81.4 Å². The van der Waals surface area contributed by atoms with Crippen molar-refractivity contribution in [1.82, 2.24) is 20.5 Å². The smallest absolute Gasteiger partial charge is 0.191 e. The van der Waals surface area contributed by atoms with Crippen molar-refractivity contribution in [3.05, 3.63) is 23.4 Å². The summed E-state index contributed by atoms with van der Waals surface area (Å²) >= 11 is 6.29. The average molecular weight is 395 g/mol. The number of anilines is 1. The Morgan fingerprint density at radius 2 is 2.22 bits per heavy atom. The zero-order valence-corrected chi connectivity index (χ0v) is 17.3. The lowest BCUT2D eigenvalue weighted by Gasteiger charge is -2.43. The summed E-state index contributed by atoms with van der Waals surface area (Å²) in [6.45, 7) is 4.28. The van der Waals surface area contributed by atoms with Crippen LogP contribution in [0.15, 0.2) is 23.3 Å². The van der Waals surface area contributed by atoms with E-state index in [1.54, 1.807) is 6.20 Å². The summed E-state index contributed by atoms with van der Waals surface area (Å²) in [5.41, 5.74) is 0.110. The maximum atomic E-state index is 6.29. The van der Waals surface area contributed by atoms with Crippen molar-refractivity contribution in [2.45, 2.75) is 30.8 Å². The van der Waals surface area contributed by atoms with Crippen molar-refractivity contribution >= 4 is 23.4 Å². The Balaban J connectivity index is 1.54. The zero-order chi connectivity index (χ0) is 19.3. The van der Waals surface area contributed by atoms with Crippen LogP contribution in [0.25, 0.3) is 0 Å². The number of guanidine groups is 1. The van der Waals surface area contributed by atoms with Crippen molar-refractivity contribution in [2.75, 3.05) is 58.9 Å². The van der Waals surface area contributed by atoms with E-state index in [-0.39, 0.29) is 5.54 Å². The van der Waals surface area contributed by atoms with Gasteiger partial charge in [0.15, 0.2) is 5.96 Å². The first kappa shape index (κ1) is 20.2. The molecule has 0 aromatic carbocycles. The number of aliphatic imine (C=N–C) groups is 1. The lowest BCUT2D eigenvalue weighted by atomic mass is 9.88. The largest absolute Gasteiger partial charge is 0.381 e. The molecule has 1 aromatic rings. The normalized spacial score (nSPS) is 22.9. The second-order valence-electron chi connectivity index (χ2n) is 7.54. The number of hydrogen-bond acceptors (Lipinski definition) is 5. The fourth-order valence-corrected chi connectivity index (χ4v) is 4.09. The van der Waals surface area contributed by atoms with Gasteiger partial charge in [-0.05, 0) is 45.5 Å². The molecule has 3 heterocycles. The molecule has 2 aliphatic rings. The fourth-order valence-electron chi connectivity index (χ4n) is 3.85. The molecule has 1 atom stereocenters. The van der Waals surface area contributed by atoms with Crippen LogP contribution in [-0.2, 0) is 4.74 Å². The van der Waals surface area contributed by atoms with Crippen LogP contribution in [0.2, 0.25) is 5.02 Å². The van der Waals surface area contributed by atoms with E-state index in [4.69, 9.17) is 16.3 Å². The van der Waals surface area contributed by atoms with Crippen LogP contribution in [0.4, 0.5) is 5.82 Å². The number of nitrogens with zero attached hydrogens (tertiary/aromatic N) is 4. The second-order valence-corrected chi connectivity index (χ2v) is 7.95. The van der Waals surface area contributed by atoms with E-state index in [9.17, 15) is 0 Å². The molecule has 1 aromatic heterocycles. The maximum absolute atomic E-state index is 6.29. The van der Waals surface area contributed by atoms with Crippen molar-refractivity contribution in [3.8, 4) is 0 Å². The summed E-state index contributed by atoms with van der Waals surface area (Å²) in [7, 11) is 6.12. The van der Waals surface area contributed by atoms with E-state index in [1.165, 1.54) is 0 Å². The standard InChI is InChI=1S/C19H31ClN6O/c1-21-18(23-14-19(25(2)3)7-11-27-12-8-19)24-15-6-10-26(13-15)17-16(20)5-4-9-22-17/h4-5,9,15H,6-8,10-14H2,1-3H3,(H2,21,23,24). The molecular formula is C19H31ClN6O. The third-order valence-electron chi connectivity index (χ3n) is 5.75. The highest BCUT2D eigenvalue weighted by Gasteiger charge is 2.35. The predicted molar refractivity (Wildman–Crippen MR) is 111 cm³/mol. The topological polar surface area (TPSA) is 65.0 Å². The minimum Gasteiger partial charge on any atom is -0.381 e. The van der Waals surface area contributed by atoms with Gasteiger partial charge in [0.25, 0.3) is 0 Å².